The van der Waals surface area contributed by atoms with Gasteiger partial charge in [-0.3, -0.25) is 9.59 Å². The first-order chi connectivity index (χ1) is 14.9. The highest BCUT2D eigenvalue weighted by Crippen LogP contribution is 2.15. The number of aryl methyl sites for hydroxylation is 1. The first-order valence-electron chi connectivity index (χ1n) is 9.67. The standard InChI is InChI=1S/C24H24N4O2S/c1-17-13-14-31-22(17)16-25-27-24(30)21(26-23(29)19-7-5-4-6-8-19)15-18-9-11-20(12-10-18)28(2)3/h4-16H,1-3H3,(H,26,29)(H,27,30)/b21-15+,25-16-. The molecule has 158 valence electrons. The lowest BCUT2D eigenvalue weighted by atomic mass is 10.1. The highest BCUT2D eigenvalue weighted by atomic mass is 32.1. The van der Waals surface area contributed by atoms with Gasteiger partial charge in [-0.05, 0) is 59.8 Å². The van der Waals surface area contributed by atoms with Gasteiger partial charge in [-0.1, -0.05) is 30.3 Å². The van der Waals surface area contributed by atoms with Gasteiger partial charge in [0.25, 0.3) is 11.8 Å². The van der Waals surface area contributed by atoms with Crippen LogP contribution in [0.2, 0.25) is 0 Å². The normalized spacial score (nSPS) is 11.4. The van der Waals surface area contributed by atoms with Crippen LogP contribution in [0.15, 0.2) is 76.8 Å². The molecule has 2 N–H and O–H groups in total. The molecule has 0 saturated heterocycles. The number of carbonyl (C=O) groups is 2. The number of carbonyl (C=O) groups excluding carboxylic acids is 2. The number of hydrogen-bond acceptors (Lipinski definition) is 5. The summed E-state index contributed by atoms with van der Waals surface area (Å²) in [6, 6.07) is 18.4. The molecule has 3 aromatic rings. The minimum Gasteiger partial charge on any atom is -0.378 e. The molecular weight excluding hydrogens is 408 g/mol. The van der Waals surface area contributed by atoms with E-state index in [1.54, 1.807) is 36.6 Å². The van der Waals surface area contributed by atoms with Crippen LogP contribution in [0.5, 0.6) is 0 Å². The molecule has 0 saturated carbocycles. The maximum atomic E-state index is 12.8. The lowest BCUT2D eigenvalue weighted by Crippen LogP contribution is -2.32. The molecule has 0 bridgehead atoms. The molecule has 0 radical (unpaired) electrons. The van der Waals surface area contributed by atoms with E-state index in [0.717, 1.165) is 21.7 Å². The van der Waals surface area contributed by atoms with Crippen molar-refractivity contribution in [1.29, 1.82) is 0 Å². The predicted octanol–water partition coefficient (Wildman–Crippen LogP) is 4.04. The van der Waals surface area contributed by atoms with Crippen molar-refractivity contribution in [1.82, 2.24) is 10.7 Å². The fourth-order valence-electron chi connectivity index (χ4n) is 2.70. The summed E-state index contributed by atoms with van der Waals surface area (Å²) >= 11 is 1.53. The average Bonchev–Trinajstić information content (AvgIpc) is 3.18. The topological polar surface area (TPSA) is 73.8 Å². The first-order valence-corrected chi connectivity index (χ1v) is 10.5. The Morgan fingerprint density at radius 1 is 1.00 bits per heavy atom. The summed E-state index contributed by atoms with van der Waals surface area (Å²) < 4.78 is 0. The third kappa shape index (κ3) is 6.13. The molecule has 7 heteroatoms. The third-order valence-electron chi connectivity index (χ3n) is 4.50. The van der Waals surface area contributed by atoms with Crippen LogP contribution in [-0.4, -0.2) is 32.1 Å². The average molecular weight is 433 g/mol. The van der Waals surface area contributed by atoms with E-state index < -0.39 is 5.91 Å². The third-order valence-corrected chi connectivity index (χ3v) is 5.45. The number of anilines is 1. The van der Waals surface area contributed by atoms with Gasteiger partial charge in [-0.2, -0.15) is 5.10 Å². The zero-order valence-corrected chi connectivity index (χ0v) is 18.4. The molecule has 1 aromatic heterocycles. The van der Waals surface area contributed by atoms with E-state index in [-0.39, 0.29) is 11.6 Å². The van der Waals surface area contributed by atoms with E-state index in [1.165, 1.54) is 11.3 Å². The summed E-state index contributed by atoms with van der Waals surface area (Å²) in [5.41, 5.74) is 5.96. The molecule has 0 aliphatic carbocycles. The summed E-state index contributed by atoms with van der Waals surface area (Å²) in [4.78, 5) is 28.4. The Kier molecular flexibility index (Phi) is 7.35. The van der Waals surface area contributed by atoms with Crippen molar-refractivity contribution in [2.75, 3.05) is 19.0 Å². The van der Waals surface area contributed by atoms with Gasteiger partial charge in [0, 0.05) is 30.2 Å². The van der Waals surface area contributed by atoms with E-state index >= 15 is 0 Å². The van der Waals surface area contributed by atoms with Crippen LogP contribution in [-0.2, 0) is 4.79 Å². The second-order valence-electron chi connectivity index (χ2n) is 7.03. The quantitative estimate of drug-likeness (QED) is 0.336. The van der Waals surface area contributed by atoms with Crippen LogP contribution in [0.1, 0.15) is 26.4 Å². The van der Waals surface area contributed by atoms with Crippen molar-refractivity contribution in [3.63, 3.8) is 0 Å². The molecular formula is C24H24N4O2S. The summed E-state index contributed by atoms with van der Waals surface area (Å²) in [7, 11) is 3.91. The number of hydrazone groups is 1. The maximum absolute atomic E-state index is 12.8. The SMILES string of the molecule is Cc1ccsc1/C=N\NC(=O)/C(=C\c1ccc(N(C)C)cc1)NC(=O)c1ccccc1. The van der Waals surface area contributed by atoms with Gasteiger partial charge in [0.15, 0.2) is 0 Å². The molecule has 0 spiro atoms. The molecule has 0 aliphatic rings. The molecule has 0 fully saturated rings. The predicted molar refractivity (Wildman–Crippen MR) is 127 cm³/mol. The van der Waals surface area contributed by atoms with Gasteiger partial charge < -0.3 is 10.2 Å². The Morgan fingerprint density at radius 3 is 2.32 bits per heavy atom. The van der Waals surface area contributed by atoms with Crippen LogP contribution < -0.4 is 15.6 Å². The van der Waals surface area contributed by atoms with Gasteiger partial charge in [0.2, 0.25) is 0 Å². The molecule has 0 atom stereocenters. The van der Waals surface area contributed by atoms with Gasteiger partial charge in [0.1, 0.15) is 5.70 Å². The van der Waals surface area contributed by atoms with Gasteiger partial charge in [-0.25, -0.2) is 5.43 Å². The summed E-state index contributed by atoms with van der Waals surface area (Å²) in [6.07, 6.45) is 3.22. The molecule has 2 amide bonds. The van der Waals surface area contributed by atoms with Gasteiger partial charge in [0.05, 0.1) is 6.21 Å². The van der Waals surface area contributed by atoms with Crippen molar-refractivity contribution in [2.24, 2.45) is 5.10 Å². The second-order valence-corrected chi connectivity index (χ2v) is 7.98. The molecule has 0 aliphatic heterocycles. The highest BCUT2D eigenvalue weighted by Gasteiger charge is 2.14. The molecule has 3 rings (SSSR count). The van der Waals surface area contributed by atoms with E-state index in [9.17, 15) is 9.59 Å². The van der Waals surface area contributed by atoms with Crippen LogP contribution >= 0.6 is 11.3 Å². The van der Waals surface area contributed by atoms with Gasteiger partial charge >= 0.3 is 0 Å². The van der Waals surface area contributed by atoms with Crippen LogP contribution in [0.4, 0.5) is 5.69 Å². The molecule has 31 heavy (non-hydrogen) atoms. The van der Waals surface area contributed by atoms with E-state index in [2.05, 4.69) is 15.8 Å². The highest BCUT2D eigenvalue weighted by molar-refractivity contribution is 7.11. The number of rotatable bonds is 7. The number of benzene rings is 2. The van der Waals surface area contributed by atoms with Crippen molar-refractivity contribution in [2.45, 2.75) is 6.92 Å². The summed E-state index contributed by atoms with van der Waals surface area (Å²) in [5, 5.41) is 8.70. The van der Waals surface area contributed by atoms with Gasteiger partial charge in [-0.15, -0.1) is 11.3 Å². The Hall–Kier alpha value is -3.71. The Morgan fingerprint density at radius 2 is 1.71 bits per heavy atom. The van der Waals surface area contributed by atoms with E-state index in [1.807, 2.05) is 67.7 Å². The van der Waals surface area contributed by atoms with E-state index in [0.29, 0.717) is 5.56 Å². The number of thiophene rings is 1. The Bertz CT molecular complexity index is 1100. The smallest absolute Gasteiger partial charge is 0.287 e. The zero-order valence-electron chi connectivity index (χ0n) is 17.6. The van der Waals surface area contributed by atoms with Crippen molar-refractivity contribution >= 4 is 41.1 Å². The molecule has 1 heterocycles. The molecule has 6 nitrogen and oxygen atoms in total. The van der Waals surface area contributed by atoms with Crippen LogP contribution in [0.25, 0.3) is 6.08 Å². The number of nitrogens with one attached hydrogen (secondary N) is 2. The first kappa shape index (κ1) is 22.0. The lowest BCUT2D eigenvalue weighted by Gasteiger charge is -2.12. The lowest BCUT2D eigenvalue weighted by molar-refractivity contribution is -0.117. The maximum Gasteiger partial charge on any atom is 0.287 e. The number of hydrogen-bond donors (Lipinski definition) is 2. The fraction of sp³-hybridized carbons (Fsp3) is 0.125. The number of nitrogens with zero attached hydrogens (tertiary/aromatic N) is 2. The Balaban J connectivity index is 1.82. The number of amides is 2. The molecule has 2 aromatic carbocycles. The van der Waals surface area contributed by atoms with Crippen molar-refractivity contribution in [3.05, 3.63) is 93.3 Å². The summed E-state index contributed by atoms with van der Waals surface area (Å²) in [6.45, 7) is 1.97. The molecule has 0 unspecified atom stereocenters. The second kappa shape index (κ2) is 10.4. The van der Waals surface area contributed by atoms with Crippen LogP contribution in [0.3, 0.4) is 0 Å². The van der Waals surface area contributed by atoms with Crippen molar-refractivity contribution < 1.29 is 9.59 Å². The minimum atomic E-state index is -0.508. The fourth-order valence-corrected chi connectivity index (χ4v) is 3.49. The van der Waals surface area contributed by atoms with Crippen LogP contribution in [0, 0.1) is 6.92 Å². The minimum absolute atomic E-state index is 0.103. The monoisotopic (exact) mass is 432 g/mol. The Labute approximate surface area is 185 Å². The summed E-state index contributed by atoms with van der Waals surface area (Å²) in [5.74, 6) is -0.878. The largest absolute Gasteiger partial charge is 0.378 e. The van der Waals surface area contributed by atoms with E-state index in [4.69, 9.17) is 0 Å². The van der Waals surface area contributed by atoms with Crippen molar-refractivity contribution in [3.8, 4) is 0 Å². The zero-order chi connectivity index (χ0) is 22.2.